The lowest BCUT2D eigenvalue weighted by molar-refractivity contribution is -0.141. The minimum Gasteiger partial charge on any atom is -0.480 e. The van der Waals surface area contributed by atoms with Crippen molar-refractivity contribution in [3.05, 3.63) is 34.9 Å². The molecule has 1 N–H and O–H groups in total. The molecule has 1 amide bonds. The van der Waals surface area contributed by atoms with Crippen molar-refractivity contribution in [2.24, 2.45) is 0 Å². The van der Waals surface area contributed by atoms with E-state index in [9.17, 15) is 9.59 Å². The first-order chi connectivity index (χ1) is 11.8. The summed E-state index contributed by atoms with van der Waals surface area (Å²) in [6.45, 7) is 7.60. The van der Waals surface area contributed by atoms with Crippen molar-refractivity contribution in [3.63, 3.8) is 0 Å². The van der Waals surface area contributed by atoms with Gasteiger partial charge in [0.15, 0.2) is 0 Å². The molecule has 0 atom stereocenters. The molecule has 0 spiro atoms. The van der Waals surface area contributed by atoms with Crippen LogP contribution in [0, 0.1) is 0 Å². The van der Waals surface area contributed by atoms with Gasteiger partial charge in [-0.05, 0) is 31.5 Å². The van der Waals surface area contributed by atoms with Gasteiger partial charge in [-0.15, -0.1) is 0 Å². The molecular weight excluding hydrogens is 342 g/mol. The summed E-state index contributed by atoms with van der Waals surface area (Å²) in [6.07, 6.45) is 0. The van der Waals surface area contributed by atoms with E-state index in [1.54, 1.807) is 4.90 Å². The van der Waals surface area contributed by atoms with Crippen LogP contribution in [0.25, 0.3) is 0 Å². The SMILES string of the molecule is CC(C)N(CC(=O)O)CC(=O)N1CCN(Cc2cccc(Cl)c2)CC1. The first-order valence-corrected chi connectivity index (χ1v) is 8.93. The highest BCUT2D eigenvalue weighted by Gasteiger charge is 2.24. The number of amides is 1. The van der Waals surface area contributed by atoms with Gasteiger partial charge in [0.05, 0.1) is 13.1 Å². The fraction of sp³-hybridized carbons (Fsp3) is 0.556. The third-order valence-electron chi connectivity index (χ3n) is 4.43. The predicted molar refractivity (Wildman–Crippen MR) is 97.7 cm³/mol. The Labute approximate surface area is 154 Å². The molecule has 0 unspecified atom stereocenters. The van der Waals surface area contributed by atoms with E-state index < -0.39 is 5.97 Å². The van der Waals surface area contributed by atoms with Crippen LogP contribution in [0.1, 0.15) is 19.4 Å². The molecule has 25 heavy (non-hydrogen) atoms. The van der Waals surface area contributed by atoms with E-state index in [0.717, 1.165) is 24.7 Å². The molecule has 0 aromatic heterocycles. The Bertz CT molecular complexity index is 601. The number of carboxylic acid groups (broad SMARTS) is 1. The van der Waals surface area contributed by atoms with E-state index >= 15 is 0 Å². The standard InChI is InChI=1S/C18H26ClN3O3/c1-14(2)22(13-18(24)25)12-17(23)21-8-6-20(7-9-21)11-15-4-3-5-16(19)10-15/h3-5,10,14H,6-9,11-13H2,1-2H3,(H,24,25). The second kappa shape index (κ2) is 9.17. The molecule has 1 fully saturated rings. The third-order valence-corrected chi connectivity index (χ3v) is 4.66. The molecule has 7 heteroatoms. The minimum atomic E-state index is -0.909. The van der Waals surface area contributed by atoms with E-state index in [2.05, 4.69) is 11.0 Å². The van der Waals surface area contributed by atoms with Gasteiger partial charge in [-0.25, -0.2) is 0 Å². The molecule has 1 aromatic rings. The van der Waals surface area contributed by atoms with Crippen LogP contribution in [0.2, 0.25) is 5.02 Å². The average molecular weight is 368 g/mol. The molecule has 1 heterocycles. The van der Waals surface area contributed by atoms with Crippen molar-refractivity contribution >= 4 is 23.5 Å². The van der Waals surface area contributed by atoms with Crippen LogP contribution in [-0.2, 0) is 16.1 Å². The van der Waals surface area contributed by atoms with Crippen molar-refractivity contribution in [3.8, 4) is 0 Å². The largest absolute Gasteiger partial charge is 0.480 e. The lowest BCUT2D eigenvalue weighted by Crippen LogP contribution is -2.52. The Balaban J connectivity index is 1.82. The summed E-state index contributed by atoms with van der Waals surface area (Å²) in [5.41, 5.74) is 1.17. The van der Waals surface area contributed by atoms with Gasteiger partial charge in [0.25, 0.3) is 0 Å². The van der Waals surface area contributed by atoms with Crippen molar-refractivity contribution in [1.29, 1.82) is 0 Å². The number of aliphatic carboxylic acids is 1. The number of benzene rings is 1. The van der Waals surface area contributed by atoms with E-state index in [0.29, 0.717) is 13.1 Å². The average Bonchev–Trinajstić information content (AvgIpc) is 2.54. The minimum absolute atomic E-state index is 0.00245. The summed E-state index contributed by atoms with van der Waals surface area (Å²) in [6, 6.07) is 7.84. The smallest absolute Gasteiger partial charge is 0.317 e. The molecule has 0 aliphatic carbocycles. The molecule has 138 valence electrons. The molecule has 1 aromatic carbocycles. The quantitative estimate of drug-likeness (QED) is 0.795. The van der Waals surface area contributed by atoms with Crippen LogP contribution in [0.5, 0.6) is 0 Å². The van der Waals surface area contributed by atoms with Crippen LogP contribution >= 0.6 is 11.6 Å². The monoisotopic (exact) mass is 367 g/mol. The Morgan fingerprint density at radius 1 is 1.20 bits per heavy atom. The van der Waals surface area contributed by atoms with Crippen molar-refractivity contribution in [1.82, 2.24) is 14.7 Å². The van der Waals surface area contributed by atoms with E-state index in [4.69, 9.17) is 16.7 Å². The normalized spacial score (nSPS) is 15.8. The van der Waals surface area contributed by atoms with Crippen LogP contribution in [0.15, 0.2) is 24.3 Å². The van der Waals surface area contributed by atoms with Gasteiger partial charge in [-0.3, -0.25) is 19.4 Å². The number of piperazine rings is 1. The van der Waals surface area contributed by atoms with Crippen LogP contribution in [0.4, 0.5) is 0 Å². The summed E-state index contributed by atoms with van der Waals surface area (Å²) in [4.78, 5) is 29.2. The van der Waals surface area contributed by atoms with Gasteiger partial charge in [-0.2, -0.15) is 0 Å². The van der Waals surface area contributed by atoms with Gasteiger partial charge in [0.1, 0.15) is 0 Å². The fourth-order valence-electron chi connectivity index (χ4n) is 2.92. The number of hydrogen-bond donors (Lipinski definition) is 1. The maximum Gasteiger partial charge on any atom is 0.317 e. The molecular formula is C18H26ClN3O3. The van der Waals surface area contributed by atoms with E-state index in [1.165, 1.54) is 5.56 Å². The highest BCUT2D eigenvalue weighted by molar-refractivity contribution is 6.30. The zero-order chi connectivity index (χ0) is 18.4. The van der Waals surface area contributed by atoms with E-state index in [1.807, 2.05) is 36.9 Å². The topological polar surface area (TPSA) is 64.1 Å². The highest BCUT2D eigenvalue weighted by atomic mass is 35.5. The zero-order valence-electron chi connectivity index (χ0n) is 14.8. The highest BCUT2D eigenvalue weighted by Crippen LogP contribution is 2.14. The Morgan fingerprint density at radius 3 is 2.44 bits per heavy atom. The Kier molecular flexibility index (Phi) is 7.23. The van der Waals surface area contributed by atoms with E-state index in [-0.39, 0.29) is 25.0 Å². The molecule has 1 saturated heterocycles. The molecule has 0 bridgehead atoms. The van der Waals surface area contributed by atoms with Crippen molar-refractivity contribution < 1.29 is 14.7 Å². The number of carbonyl (C=O) groups is 2. The predicted octanol–water partition coefficient (Wildman–Crippen LogP) is 1.78. The fourth-order valence-corrected chi connectivity index (χ4v) is 3.13. The second-order valence-corrected chi connectivity index (χ2v) is 7.12. The number of halogens is 1. The molecule has 2 rings (SSSR count). The van der Waals surface area contributed by atoms with Gasteiger partial charge in [0.2, 0.25) is 5.91 Å². The lowest BCUT2D eigenvalue weighted by Gasteiger charge is -2.36. The summed E-state index contributed by atoms with van der Waals surface area (Å²) >= 11 is 6.02. The number of carbonyl (C=O) groups excluding carboxylic acids is 1. The van der Waals surface area contributed by atoms with Gasteiger partial charge >= 0.3 is 5.97 Å². The Morgan fingerprint density at radius 2 is 1.88 bits per heavy atom. The van der Waals surface area contributed by atoms with Gasteiger partial charge < -0.3 is 10.0 Å². The molecule has 6 nitrogen and oxygen atoms in total. The van der Waals surface area contributed by atoms with Crippen LogP contribution in [0.3, 0.4) is 0 Å². The van der Waals surface area contributed by atoms with Gasteiger partial charge in [0, 0.05) is 43.8 Å². The molecule has 0 saturated carbocycles. The number of hydrogen-bond acceptors (Lipinski definition) is 4. The summed E-state index contributed by atoms with van der Waals surface area (Å²) in [7, 11) is 0. The summed E-state index contributed by atoms with van der Waals surface area (Å²) in [5.74, 6) is -0.912. The second-order valence-electron chi connectivity index (χ2n) is 6.68. The van der Waals surface area contributed by atoms with Crippen LogP contribution < -0.4 is 0 Å². The number of carboxylic acids is 1. The summed E-state index contributed by atoms with van der Waals surface area (Å²) in [5, 5.41) is 9.70. The molecule has 1 aliphatic heterocycles. The lowest BCUT2D eigenvalue weighted by atomic mass is 10.2. The third kappa shape index (κ3) is 6.30. The zero-order valence-corrected chi connectivity index (χ0v) is 15.6. The maximum atomic E-state index is 12.5. The van der Waals surface area contributed by atoms with Gasteiger partial charge in [-0.1, -0.05) is 23.7 Å². The first-order valence-electron chi connectivity index (χ1n) is 8.55. The van der Waals surface area contributed by atoms with Crippen molar-refractivity contribution in [2.45, 2.75) is 26.4 Å². The van der Waals surface area contributed by atoms with Crippen LogP contribution in [-0.4, -0.2) is 77.0 Å². The first kappa shape index (κ1) is 19.7. The Hall–Kier alpha value is -1.63. The molecule has 1 aliphatic rings. The van der Waals surface area contributed by atoms with Crippen molar-refractivity contribution in [2.75, 3.05) is 39.3 Å². The number of nitrogens with zero attached hydrogens (tertiary/aromatic N) is 3. The maximum absolute atomic E-state index is 12.5. The number of rotatable bonds is 7. The summed E-state index contributed by atoms with van der Waals surface area (Å²) < 4.78 is 0. The molecule has 0 radical (unpaired) electrons.